The van der Waals surface area contributed by atoms with Crippen molar-refractivity contribution < 1.29 is 4.74 Å². The first kappa shape index (κ1) is 16.8. The molecule has 1 fully saturated rings. The Morgan fingerprint density at radius 3 is 2.52 bits per heavy atom. The van der Waals surface area contributed by atoms with E-state index < -0.39 is 0 Å². The van der Waals surface area contributed by atoms with Crippen molar-refractivity contribution in [1.82, 2.24) is 0 Å². The predicted octanol–water partition coefficient (Wildman–Crippen LogP) is 5.31. The summed E-state index contributed by atoms with van der Waals surface area (Å²) in [6, 6.07) is 6.22. The largest absolute Gasteiger partial charge is 0.490 e. The van der Waals surface area contributed by atoms with E-state index in [4.69, 9.17) is 10.5 Å². The predicted molar refractivity (Wildman–Crippen MR) is 92.5 cm³/mol. The number of rotatable bonds is 4. The number of hydrogen-bond donors (Lipinski definition) is 1. The van der Waals surface area contributed by atoms with E-state index in [0.29, 0.717) is 17.9 Å². The van der Waals surface area contributed by atoms with Crippen LogP contribution in [0.15, 0.2) is 22.7 Å². The molecule has 3 heteroatoms. The molecule has 2 nitrogen and oxygen atoms in total. The van der Waals surface area contributed by atoms with Crippen LogP contribution >= 0.6 is 15.9 Å². The minimum Gasteiger partial charge on any atom is -0.490 e. The van der Waals surface area contributed by atoms with Crippen LogP contribution in [0.3, 0.4) is 0 Å². The van der Waals surface area contributed by atoms with E-state index in [1.165, 1.54) is 12.8 Å². The molecule has 2 rings (SSSR count). The normalized spacial score (nSPS) is 27.7. The maximum atomic E-state index is 6.34. The van der Waals surface area contributed by atoms with Gasteiger partial charge < -0.3 is 10.5 Å². The van der Waals surface area contributed by atoms with Gasteiger partial charge in [0.1, 0.15) is 11.9 Å². The fourth-order valence-corrected chi connectivity index (χ4v) is 4.09. The zero-order valence-electron chi connectivity index (χ0n) is 13.6. The molecule has 0 saturated heterocycles. The zero-order valence-corrected chi connectivity index (χ0v) is 15.2. The molecule has 0 amide bonds. The van der Waals surface area contributed by atoms with Crippen molar-refractivity contribution in [3.8, 4) is 5.75 Å². The van der Waals surface area contributed by atoms with Gasteiger partial charge in [0.2, 0.25) is 0 Å². The second-order valence-electron chi connectivity index (χ2n) is 6.95. The van der Waals surface area contributed by atoms with Gasteiger partial charge in [-0.3, -0.25) is 0 Å². The maximum Gasteiger partial charge on any atom is 0.120 e. The Morgan fingerprint density at radius 1 is 1.24 bits per heavy atom. The highest BCUT2D eigenvalue weighted by atomic mass is 79.9. The number of halogens is 1. The number of benzene rings is 1. The summed E-state index contributed by atoms with van der Waals surface area (Å²) in [6.45, 7) is 8.96. The Labute approximate surface area is 137 Å². The molecule has 1 aliphatic rings. The monoisotopic (exact) mass is 353 g/mol. The third kappa shape index (κ3) is 4.23. The van der Waals surface area contributed by atoms with Gasteiger partial charge in [-0.25, -0.2) is 0 Å². The Balaban J connectivity index is 2.13. The van der Waals surface area contributed by atoms with Gasteiger partial charge in [-0.1, -0.05) is 49.2 Å². The molecule has 1 aliphatic carbocycles. The molecule has 1 aromatic carbocycles. The van der Waals surface area contributed by atoms with Crippen LogP contribution in [0.1, 0.15) is 58.6 Å². The lowest BCUT2D eigenvalue weighted by molar-refractivity contribution is 0.0459. The molecule has 118 valence electrons. The van der Waals surface area contributed by atoms with Gasteiger partial charge in [0, 0.05) is 10.5 Å². The molecule has 0 spiro atoms. The molecule has 0 radical (unpaired) electrons. The minimum atomic E-state index is 0.0338. The molecular formula is C18H28BrNO. The second-order valence-corrected chi connectivity index (χ2v) is 7.81. The highest BCUT2D eigenvalue weighted by molar-refractivity contribution is 9.10. The molecule has 0 aromatic heterocycles. The smallest absolute Gasteiger partial charge is 0.120 e. The fraction of sp³-hybridized carbons (Fsp3) is 0.667. The van der Waals surface area contributed by atoms with Crippen LogP contribution in [0.25, 0.3) is 0 Å². The summed E-state index contributed by atoms with van der Waals surface area (Å²) in [6.07, 6.45) is 4.11. The lowest BCUT2D eigenvalue weighted by atomic mass is 9.75. The van der Waals surface area contributed by atoms with Crippen LogP contribution in [-0.2, 0) is 0 Å². The minimum absolute atomic E-state index is 0.0338. The summed E-state index contributed by atoms with van der Waals surface area (Å²) in [5, 5.41) is 0. The Bertz CT molecular complexity index is 472. The third-order valence-corrected chi connectivity index (χ3v) is 5.40. The van der Waals surface area contributed by atoms with Gasteiger partial charge in [-0.15, -0.1) is 0 Å². The highest BCUT2D eigenvalue weighted by Crippen LogP contribution is 2.37. The Hall–Kier alpha value is -0.540. The average molecular weight is 354 g/mol. The average Bonchev–Trinajstić information content (AvgIpc) is 2.37. The van der Waals surface area contributed by atoms with Gasteiger partial charge in [0.05, 0.1) is 0 Å². The van der Waals surface area contributed by atoms with Crippen LogP contribution in [-0.4, -0.2) is 6.10 Å². The molecule has 4 atom stereocenters. The molecule has 0 aliphatic heterocycles. The van der Waals surface area contributed by atoms with Crippen molar-refractivity contribution in [3.63, 3.8) is 0 Å². The van der Waals surface area contributed by atoms with Gasteiger partial charge in [0.25, 0.3) is 0 Å². The molecule has 0 heterocycles. The van der Waals surface area contributed by atoms with Crippen LogP contribution in [0.4, 0.5) is 0 Å². The molecule has 2 N–H and O–H groups in total. The summed E-state index contributed by atoms with van der Waals surface area (Å²) in [5.41, 5.74) is 7.08. The highest BCUT2D eigenvalue weighted by Gasteiger charge is 2.32. The van der Waals surface area contributed by atoms with Gasteiger partial charge in [-0.2, -0.15) is 0 Å². The maximum absolute atomic E-state index is 6.34. The van der Waals surface area contributed by atoms with Crippen molar-refractivity contribution in [3.05, 3.63) is 28.2 Å². The van der Waals surface area contributed by atoms with E-state index in [1.807, 2.05) is 6.92 Å². The Kier molecular flexibility index (Phi) is 5.73. The number of nitrogens with two attached hydrogens (primary N) is 1. The lowest BCUT2D eigenvalue weighted by Crippen LogP contribution is -2.36. The number of hydrogen-bond acceptors (Lipinski definition) is 2. The molecule has 1 saturated carbocycles. The van der Waals surface area contributed by atoms with Gasteiger partial charge in [0.15, 0.2) is 0 Å². The van der Waals surface area contributed by atoms with E-state index in [9.17, 15) is 0 Å². The zero-order chi connectivity index (χ0) is 15.6. The van der Waals surface area contributed by atoms with E-state index in [0.717, 1.165) is 28.1 Å². The van der Waals surface area contributed by atoms with E-state index >= 15 is 0 Å². The first-order valence-electron chi connectivity index (χ1n) is 8.10. The number of ether oxygens (including phenoxy) is 1. The standard InChI is InChI=1S/C18H28BrNO/c1-11(2)15-7-5-12(3)9-18(15)21-14-6-8-16(13(4)20)17(19)10-14/h6,8,10-13,15,18H,5,7,9,20H2,1-4H3. The van der Waals surface area contributed by atoms with Crippen molar-refractivity contribution in [2.24, 2.45) is 23.5 Å². The SMILES string of the molecule is CC1CCC(C(C)C)C(Oc2ccc(C(C)N)c(Br)c2)C1. The van der Waals surface area contributed by atoms with Crippen LogP contribution < -0.4 is 10.5 Å². The molecule has 4 unspecified atom stereocenters. The fourth-order valence-electron chi connectivity index (χ4n) is 3.38. The first-order valence-corrected chi connectivity index (χ1v) is 8.89. The van der Waals surface area contributed by atoms with Crippen LogP contribution in [0.5, 0.6) is 5.75 Å². The summed E-state index contributed by atoms with van der Waals surface area (Å²) in [4.78, 5) is 0. The molecule has 0 bridgehead atoms. The van der Waals surface area contributed by atoms with Crippen molar-refractivity contribution >= 4 is 15.9 Å². The Morgan fingerprint density at radius 2 is 1.95 bits per heavy atom. The molecule has 1 aromatic rings. The lowest BCUT2D eigenvalue weighted by Gasteiger charge is -2.37. The van der Waals surface area contributed by atoms with Crippen LogP contribution in [0.2, 0.25) is 0 Å². The quantitative estimate of drug-likeness (QED) is 0.795. The summed E-state index contributed by atoms with van der Waals surface area (Å²) in [7, 11) is 0. The molecular weight excluding hydrogens is 326 g/mol. The van der Waals surface area contributed by atoms with Crippen LogP contribution in [0, 0.1) is 17.8 Å². The van der Waals surface area contributed by atoms with E-state index in [2.05, 4.69) is 54.9 Å². The summed E-state index contributed by atoms with van der Waals surface area (Å²) in [5.74, 6) is 3.05. The topological polar surface area (TPSA) is 35.2 Å². The second kappa shape index (κ2) is 7.15. The van der Waals surface area contributed by atoms with E-state index in [1.54, 1.807) is 0 Å². The van der Waals surface area contributed by atoms with Gasteiger partial charge in [-0.05, 0) is 55.2 Å². The van der Waals surface area contributed by atoms with Crippen molar-refractivity contribution in [1.29, 1.82) is 0 Å². The summed E-state index contributed by atoms with van der Waals surface area (Å²) >= 11 is 3.61. The third-order valence-electron chi connectivity index (χ3n) is 4.71. The summed E-state index contributed by atoms with van der Waals surface area (Å²) < 4.78 is 7.39. The van der Waals surface area contributed by atoms with E-state index in [-0.39, 0.29) is 6.04 Å². The van der Waals surface area contributed by atoms with Crippen molar-refractivity contribution in [2.45, 2.75) is 59.1 Å². The molecule has 21 heavy (non-hydrogen) atoms. The van der Waals surface area contributed by atoms with Gasteiger partial charge >= 0.3 is 0 Å². The van der Waals surface area contributed by atoms with Crippen molar-refractivity contribution in [2.75, 3.05) is 0 Å². The first-order chi connectivity index (χ1) is 9.88.